The molecular weight excluding hydrogens is 269 g/mol. The number of ether oxygens (including phenoxy) is 5. The van der Waals surface area contributed by atoms with Crippen molar-refractivity contribution >= 4 is 0 Å². The van der Waals surface area contributed by atoms with Gasteiger partial charge < -0.3 is 23.7 Å². The third kappa shape index (κ3) is 5.23. The third-order valence-corrected chi connectivity index (χ3v) is 2.82. The van der Waals surface area contributed by atoms with Crippen molar-refractivity contribution in [2.45, 2.75) is 37.2 Å². The lowest BCUT2D eigenvalue weighted by atomic mass is 10.0. The van der Waals surface area contributed by atoms with E-state index in [-0.39, 0.29) is 13.0 Å². The number of methoxy groups -OCH3 is 3. The normalized spacial score (nSPS) is 32.5. The van der Waals surface area contributed by atoms with Gasteiger partial charge in [-0.15, -0.1) is 0 Å². The molecule has 0 saturated carbocycles. The van der Waals surface area contributed by atoms with Crippen LogP contribution in [0.1, 0.15) is 6.42 Å². The average Bonchev–Trinajstić information content (AvgIpc) is 2.35. The Bertz CT molecular complexity index is 261. The number of alkyl halides is 3. The first-order valence-corrected chi connectivity index (χ1v) is 5.79. The van der Waals surface area contributed by atoms with Gasteiger partial charge in [0.25, 0.3) is 0 Å². The number of halogens is 3. The molecule has 4 atom stereocenters. The van der Waals surface area contributed by atoms with E-state index >= 15 is 0 Å². The fraction of sp³-hybridized carbons (Fsp3) is 1.00. The molecule has 0 aromatic rings. The highest BCUT2D eigenvalue weighted by atomic mass is 19.4. The van der Waals surface area contributed by atoms with E-state index in [4.69, 9.17) is 23.7 Å². The van der Waals surface area contributed by atoms with Gasteiger partial charge in [-0.2, -0.15) is 13.2 Å². The van der Waals surface area contributed by atoms with Crippen LogP contribution in [0.5, 0.6) is 0 Å². The van der Waals surface area contributed by atoms with Gasteiger partial charge in [0.15, 0.2) is 6.29 Å². The molecule has 0 N–H and O–H groups in total. The first-order valence-electron chi connectivity index (χ1n) is 5.79. The maximum absolute atomic E-state index is 12.1. The van der Waals surface area contributed by atoms with Crippen LogP contribution in [0.4, 0.5) is 13.2 Å². The Kier molecular flexibility index (Phi) is 6.48. The van der Waals surface area contributed by atoms with Crippen LogP contribution in [0.15, 0.2) is 0 Å². The summed E-state index contributed by atoms with van der Waals surface area (Å²) >= 11 is 0. The van der Waals surface area contributed by atoms with E-state index in [2.05, 4.69) is 0 Å². The molecule has 0 spiro atoms. The molecule has 1 aliphatic rings. The molecule has 8 heteroatoms. The van der Waals surface area contributed by atoms with Gasteiger partial charge in [-0.05, 0) is 0 Å². The highest BCUT2D eigenvalue weighted by Crippen LogP contribution is 2.27. The van der Waals surface area contributed by atoms with Crippen molar-refractivity contribution in [3.05, 3.63) is 0 Å². The van der Waals surface area contributed by atoms with Crippen molar-refractivity contribution in [1.29, 1.82) is 0 Å². The van der Waals surface area contributed by atoms with Crippen LogP contribution >= 0.6 is 0 Å². The second-order valence-corrected chi connectivity index (χ2v) is 4.20. The van der Waals surface area contributed by atoms with Gasteiger partial charge >= 0.3 is 6.18 Å². The van der Waals surface area contributed by atoms with Crippen LogP contribution < -0.4 is 0 Å². The molecule has 0 amide bonds. The first-order chi connectivity index (χ1) is 8.91. The van der Waals surface area contributed by atoms with Crippen LogP contribution in [-0.4, -0.2) is 65.3 Å². The summed E-state index contributed by atoms with van der Waals surface area (Å²) in [5.74, 6) is 0. The zero-order chi connectivity index (χ0) is 14.5. The Balaban J connectivity index is 2.61. The molecular formula is C11H19F3O5. The maximum atomic E-state index is 12.1. The van der Waals surface area contributed by atoms with E-state index in [1.54, 1.807) is 0 Å². The third-order valence-electron chi connectivity index (χ3n) is 2.82. The lowest BCUT2D eigenvalue weighted by molar-refractivity contribution is -0.290. The van der Waals surface area contributed by atoms with Crippen LogP contribution in [0.25, 0.3) is 0 Å². The topological polar surface area (TPSA) is 46.2 Å². The first kappa shape index (κ1) is 16.6. The van der Waals surface area contributed by atoms with Crippen LogP contribution in [0.2, 0.25) is 0 Å². The number of rotatable bonds is 6. The summed E-state index contributed by atoms with van der Waals surface area (Å²) in [6.07, 6.45) is -6.55. The largest absolute Gasteiger partial charge is 0.411 e. The molecule has 0 aromatic heterocycles. The predicted octanol–water partition coefficient (Wildman–Crippen LogP) is 1.36. The van der Waals surface area contributed by atoms with Crippen LogP contribution in [0, 0.1) is 0 Å². The Labute approximate surface area is 109 Å². The van der Waals surface area contributed by atoms with E-state index < -0.39 is 37.4 Å². The molecule has 19 heavy (non-hydrogen) atoms. The average molecular weight is 288 g/mol. The lowest BCUT2D eigenvalue weighted by Gasteiger charge is -2.39. The van der Waals surface area contributed by atoms with Crippen molar-refractivity contribution in [3.63, 3.8) is 0 Å². The number of hydrogen-bond donors (Lipinski definition) is 0. The minimum Gasteiger partial charge on any atom is -0.382 e. The van der Waals surface area contributed by atoms with E-state index in [1.165, 1.54) is 21.3 Å². The molecule has 1 fully saturated rings. The Morgan fingerprint density at radius 1 is 1.16 bits per heavy atom. The molecule has 0 aliphatic carbocycles. The summed E-state index contributed by atoms with van der Waals surface area (Å²) < 4.78 is 61.9. The van der Waals surface area contributed by atoms with E-state index in [0.29, 0.717) is 0 Å². The minimum absolute atomic E-state index is 0.172. The van der Waals surface area contributed by atoms with Crippen molar-refractivity contribution in [1.82, 2.24) is 0 Å². The number of hydrogen-bond acceptors (Lipinski definition) is 5. The zero-order valence-corrected chi connectivity index (χ0v) is 11.1. The summed E-state index contributed by atoms with van der Waals surface area (Å²) in [6, 6.07) is 0. The molecule has 0 aromatic carbocycles. The van der Waals surface area contributed by atoms with Crippen LogP contribution in [-0.2, 0) is 23.7 Å². The van der Waals surface area contributed by atoms with Gasteiger partial charge in [0.2, 0.25) is 0 Å². The molecule has 0 unspecified atom stereocenters. The van der Waals surface area contributed by atoms with E-state index in [1.807, 2.05) is 0 Å². The van der Waals surface area contributed by atoms with E-state index in [9.17, 15) is 13.2 Å². The smallest absolute Gasteiger partial charge is 0.382 e. The van der Waals surface area contributed by atoms with Crippen molar-refractivity contribution in [3.8, 4) is 0 Å². The summed E-state index contributed by atoms with van der Waals surface area (Å²) in [4.78, 5) is 0. The molecule has 1 aliphatic heterocycles. The van der Waals surface area contributed by atoms with Gasteiger partial charge in [-0.1, -0.05) is 0 Å². The van der Waals surface area contributed by atoms with Crippen molar-refractivity contribution in [2.75, 3.05) is 34.5 Å². The monoisotopic (exact) mass is 288 g/mol. The summed E-state index contributed by atoms with van der Waals surface area (Å²) in [5, 5.41) is 0. The molecule has 1 rings (SSSR count). The lowest BCUT2D eigenvalue weighted by Crippen LogP contribution is -2.52. The van der Waals surface area contributed by atoms with Crippen LogP contribution in [0.3, 0.4) is 0 Å². The fourth-order valence-electron chi connectivity index (χ4n) is 2.02. The molecule has 114 valence electrons. The fourth-order valence-corrected chi connectivity index (χ4v) is 2.02. The van der Waals surface area contributed by atoms with Gasteiger partial charge in [0.1, 0.15) is 18.8 Å². The SMILES string of the molecule is COC[C@H]1O[C@H](OCC(F)(F)F)C[C@@H](OC)[C@@H]1OC. The highest BCUT2D eigenvalue weighted by molar-refractivity contribution is 4.85. The highest BCUT2D eigenvalue weighted by Gasteiger charge is 2.41. The Morgan fingerprint density at radius 3 is 2.32 bits per heavy atom. The maximum Gasteiger partial charge on any atom is 0.411 e. The Morgan fingerprint density at radius 2 is 1.84 bits per heavy atom. The quantitative estimate of drug-likeness (QED) is 0.738. The second kappa shape index (κ2) is 7.39. The second-order valence-electron chi connectivity index (χ2n) is 4.20. The molecule has 5 nitrogen and oxygen atoms in total. The van der Waals surface area contributed by atoms with Crippen molar-refractivity contribution in [2.24, 2.45) is 0 Å². The summed E-state index contributed by atoms with van der Waals surface area (Å²) in [6.45, 7) is -1.17. The van der Waals surface area contributed by atoms with Crippen molar-refractivity contribution < 1.29 is 36.9 Å². The minimum atomic E-state index is -4.39. The van der Waals surface area contributed by atoms with E-state index in [0.717, 1.165) is 0 Å². The molecule has 1 saturated heterocycles. The Hall–Kier alpha value is -0.410. The summed E-state index contributed by atoms with van der Waals surface area (Å²) in [5.41, 5.74) is 0. The zero-order valence-electron chi connectivity index (χ0n) is 11.1. The predicted molar refractivity (Wildman–Crippen MR) is 58.8 cm³/mol. The standard InChI is InChI=1S/C11H19F3O5/c1-15-5-8-10(17-3)7(16-2)4-9(19-8)18-6-11(12,13)14/h7-10H,4-6H2,1-3H3/t7-,8-,9+,10+/m1/s1. The van der Waals surface area contributed by atoms with Gasteiger partial charge in [0, 0.05) is 27.8 Å². The molecule has 0 radical (unpaired) electrons. The van der Waals surface area contributed by atoms with Gasteiger partial charge in [-0.25, -0.2) is 0 Å². The summed E-state index contributed by atoms with van der Waals surface area (Å²) in [7, 11) is 4.42. The molecule has 1 heterocycles. The van der Waals surface area contributed by atoms with Gasteiger partial charge in [0.05, 0.1) is 12.7 Å². The molecule has 0 bridgehead atoms. The van der Waals surface area contributed by atoms with Gasteiger partial charge in [-0.3, -0.25) is 0 Å².